The number of ether oxygens (including phenoxy) is 1. The van der Waals surface area contributed by atoms with Crippen molar-refractivity contribution >= 4 is 5.96 Å². The van der Waals surface area contributed by atoms with Gasteiger partial charge in [-0.2, -0.15) is 0 Å². The lowest BCUT2D eigenvalue weighted by Gasteiger charge is -2.36. The van der Waals surface area contributed by atoms with Crippen LogP contribution in [0.3, 0.4) is 0 Å². The van der Waals surface area contributed by atoms with Gasteiger partial charge in [-0.15, -0.1) is 0 Å². The van der Waals surface area contributed by atoms with E-state index in [9.17, 15) is 0 Å². The Balaban J connectivity index is 1.47. The highest BCUT2D eigenvalue weighted by molar-refractivity contribution is 5.80. The van der Waals surface area contributed by atoms with E-state index in [1.54, 1.807) is 13.4 Å². The maximum atomic E-state index is 5.19. The number of rotatable bonds is 5. The van der Waals surface area contributed by atoms with Gasteiger partial charge in [0.2, 0.25) is 0 Å². The second-order valence-corrected chi connectivity index (χ2v) is 6.00. The summed E-state index contributed by atoms with van der Waals surface area (Å²) in [6, 6.07) is 10.00. The quantitative estimate of drug-likeness (QED) is 0.657. The number of aliphatic imine (C=N–C) groups is 1. The van der Waals surface area contributed by atoms with E-state index in [4.69, 9.17) is 9.26 Å². The summed E-state index contributed by atoms with van der Waals surface area (Å²) in [4.78, 5) is 9.10. The van der Waals surface area contributed by atoms with Crippen LogP contribution in [0.25, 0.3) is 0 Å². The molecule has 1 aromatic carbocycles. The van der Waals surface area contributed by atoms with E-state index in [2.05, 4.69) is 37.4 Å². The highest BCUT2D eigenvalue weighted by atomic mass is 16.5. The number of hydrogen-bond acceptors (Lipinski definition) is 5. The molecule has 134 valence electrons. The van der Waals surface area contributed by atoms with Crippen LogP contribution < -0.4 is 10.1 Å². The predicted molar refractivity (Wildman–Crippen MR) is 96.5 cm³/mol. The monoisotopic (exact) mass is 343 g/mol. The molecule has 0 amide bonds. The SMILES string of the molecule is CN=C(NCc1ccc(OC)cc1)N1CCN(Cc2ccon2)CC1. The number of piperazine rings is 1. The first-order valence-electron chi connectivity index (χ1n) is 8.48. The Kier molecular flexibility index (Phi) is 5.90. The smallest absolute Gasteiger partial charge is 0.194 e. The molecule has 3 rings (SSSR count). The van der Waals surface area contributed by atoms with Crippen molar-refractivity contribution in [3.63, 3.8) is 0 Å². The number of nitrogens with one attached hydrogen (secondary N) is 1. The summed E-state index contributed by atoms with van der Waals surface area (Å²) in [7, 11) is 3.51. The first-order chi connectivity index (χ1) is 12.3. The molecule has 25 heavy (non-hydrogen) atoms. The highest BCUT2D eigenvalue weighted by Crippen LogP contribution is 2.11. The third-order valence-corrected chi connectivity index (χ3v) is 4.37. The molecule has 0 aliphatic carbocycles. The highest BCUT2D eigenvalue weighted by Gasteiger charge is 2.20. The minimum Gasteiger partial charge on any atom is -0.497 e. The van der Waals surface area contributed by atoms with Gasteiger partial charge in [0, 0.05) is 52.4 Å². The number of hydrogen-bond donors (Lipinski definition) is 1. The Hall–Kier alpha value is -2.54. The van der Waals surface area contributed by atoms with Crippen molar-refractivity contribution in [3.8, 4) is 5.75 Å². The van der Waals surface area contributed by atoms with Gasteiger partial charge in [-0.3, -0.25) is 9.89 Å². The van der Waals surface area contributed by atoms with Crippen LogP contribution in [0.15, 0.2) is 46.1 Å². The van der Waals surface area contributed by atoms with Crippen LogP contribution in [-0.2, 0) is 13.1 Å². The molecule has 1 aromatic heterocycles. The van der Waals surface area contributed by atoms with Gasteiger partial charge in [-0.25, -0.2) is 0 Å². The van der Waals surface area contributed by atoms with Gasteiger partial charge >= 0.3 is 0 Å². The van der Waals surface area contributed by atoms with E-state index in [0.29, 0.717) is 0 Å². The molecule has 7 nitrogen and oxygen atoms in total. The first-order valence-corrected chi connectivity index (χ1v) is 8.48. The average molecular weight is 343 g/mol. The second kappa shape index (κ2) is 8.53. The van der Waals surface area contributed by atoms with Gasteiger partial charge in [0.25, 0.3) is 0 Å². The topological polar surface area (TPSA) is 66.1 Å². The molecule has 0 atom stereocenters. The zero-order valence-corrected chi connectivity index (χ0v) is 14.8. The Morgan fingerprint density at radius 2 is 1.96 bits per heavy atom. The lowest BCUT2D eigenvalue weighted by atomic mass is 10.2. The zero-order valence-electron chi connectivity index (χ0n) is 14.8. The van der Waals surface area contributed by atoms with Crippen LogP contribution in [0.1, 0.15) is 11.3 Å². The van der Waals surface area contributed by atoms with E-state index < -0.39 is 0 Å². The molecule has 0 saturated carbocycles. The number of nitrogens with zero attached hydrogens (tertiary/aromatic N) is 4. The molecule has 0 radical (unpaired) electrons. The minimum absolute atomic E-state index is 0.746. The van der Waals surface area contributed by atoms with Crippen LogP contribution in [0.4, 0.5) is 0 Å². The maximum absolute atomic E-state index is 5.19. The van der Waals surface area contributed by atoms with Crippen molar-refractivity contribution in [1.82, 2.24) is 20.3 Å². The molecule has 2 aromatic rings. The second-order valence-electron chi connectivity index (χ2n) is 6.00. The van der Waals surface area contributed by atoms with Crippen molar-refractivity contribution in [2.45, 2.75) is 13.1 Å². The van der Waals surface area contributed by atoms with Crippen LogP contribution in [0, 0.1) is 0 Å². The molecule has 0 unspecified atom stereocenters. The third kappa shape index (κ3) is 4.73. The van der Waals surface area contributed by atoms with Crippen LogP contribution in [0.2, 0.25) is 0 Å². The van der Waals surface area contributed by atoms with E-state index >= 15 is 0 Å². The van der Waals surface area contributed by atoms with Gasteiger partial charge in [0.05, 0.1) is 12.8 Å². The molecule has 2 heterocycles. The summed E-state index contributed by atoms with van der Waals surface area (Å²) in [5.74, 6) is 1.81. The summed E-state index contributed by atoms with van der Waals surface area (Å²) < 4.78 is 10.1. The van der Waals surface area contributed by atoms with Gasteiger partial charge in [0.1, 0.15) is 12.0 Å². The molecule has 1 N–H and O–H groups in total. The van der Waals surface area contributed by atoms with Crippen LogP contribution in [-0.4, -0.2) is 61.3 Å². The molecular weight excluding hydrogens is 318 g/mol. The van der Waals surface area contributed by atoms with Crippen molar-refractivity contribution in [1.29, 1.82) is 0 Å². The van der Waals surface area contributed by atoms with Crippen LogP contribution >= 0.6 is 0 Å². The molecule has 0 spiro atoms. The van der Waals surface area contributed by atoms with E-state index in [1.807, 2.05) is 25.2 Å². The van der Waals surface area contributed by atoms with E-state index in [1.165, 1.54) is 5.56 Å². The molecule has 1 fully saturated rings. The number of benzene rings is 1. The Morgan fingerprint density at radius 3 is 2.56 bits per heavy atom. The lowest BCUT2D eigenvalue weighted by Crippen LogP contribution is -2.52. The first kappa shape index (κ1) is 17.3. The van der Waals surface area contributed by atoms with Gasteiger partial charge < -0.3 is 19.5 Å². The summed E-state index contributed by atoms with van der Waals surface area (Å²) in [5, 5.41) is 7.42. The fourth-order valence-corrected chi connectivity index (χ4v) is 2.92. The number of aromatic nitrogens is 1. The Labute approximate surface area is 148 Å². The van der Waals surface area contributed by atoms with Crippen LogP contribution in [0.5, 0.6) is 5.75 Å². The molecule has 7 heteroatoms. The third-order valence-electron chi connectivity index (χ3n) is 4.37. The summed E-state index contributed by atoms with van der Waals surface area (Å²) in [5.41, 5.74) is 2.18. The molecular formula is C18H25N5O2. The van der Waals surface area contributed by atoms with Crippen molar-refractivity contribution in [2.24, 2.45) is 4.99 Å². The van der Waals surface area contributed by atoms with Crippen molar-refractivity contribution < 1.29 is 9.26 Å². The Bertz CT molecular complexity index is 661. The average Bonchev–Trinajstić information content (AvgIpc) is 3.17. The van der Waals surface area contributed by atoms with Gasteiger partial charge in [0.15, 0.2) is 5.96 Å². The summed E-state index contributed by atoms with van der Waals surface area (Å²) in [6.45, 7) is 5.44. The van der Waals surface area contributed by atoms with Gasteiger partial charge in [-0.05, 0) is 17.7 Å². The predicted octanol–water partition coefficient (Wildman–Crippen LogP) is 1.58. The lowest BCUT2D eigenvalue weighted by molar-refractivity contribution is 0.169. The maximum Gasteiger partial charge on any atom is 0.194 e. The molecule has 1 aliphatic heterocycles. The number of guanidine groups is 1. The van der Waals surface area contributed by atoms with E-state index in [0.717, 1.165) is 56.7 Å². The minimum atomic E-state index is 0.746. The summed E-state index contributed by atoms with van der Waals surface area (Å²) >= 11 is 0. The molecule has 1 saturated heterocycles. The molecule has 1 aliphatic rings. The standard InChI is InChI=1S/C18H25N5O2/c1-19-18(20-13-15-3-5-17(24-2)6-4-15)23-10-8-22(9-11-23)14-16-7-12-25-21-16/h3-7,12H,8-11,13-14H2,1-2H3,(H,19,20). The zero-order chi connectivity index (χ0) is 17.5. The fourth-order valence-electron chi connectivity index (χ4n) is 2.92. The van der Waals surface area contributed by atoms with Crippen molar-refractivity contribution in [3.05, 3.63) is 47.9 Å². The molecule has 0 bridgehead atoms. The van der Waals surface area contributed by atoms with Gasteiger partial charge in [-0.1, -0.05) is 17.3 Å². The summed E-state index contributed by atoms with van der Waals surface area (Å²) in [6.07, 6.45) is 1.62. The largest absolute Gasteiger partial charge is 0.497 e. The fraction of sp³-hybridized carbons (Fsp3) is 0.444. The van der Waals surface area contributed by atoms with Crippen molar-refractivity contribution in [2.75, 3.05) is 40.3 Å². The number of methoxy groups -OCH3 is 1. The normalized spacial score (nSPS) is 16.1. The Morgan fingerprint density at radius 1 is 1.20 bits per heavy atom. The van der Waals surface area contributed by atoms with E-state index in [-0.39, 0.29) is 0 Å².